The Hall–Kier alpha value is -2.13. The van der Waals surface area contributed by atoms with Crippen LogP contribution >= 0.6 is 11.3 Å². The molecule has 0 aliphatic heterocycles. The first-order valence-corrected chi connectivity index (χ1v) is 8.39. The third-order valence-corrected chi connectivity index (χ3v) is 4.11. The highest BCUT2D eigenvalue weighted by atomic mass is 32.1. The summed E-state index contributed by atoms with van der Waals surface area (Å²) in [5.74, 6) is -0.261. The van der Waals surface area contributed by atoms with Gasteiger partial charge in [0.2, 0.25) is 0 Å². The number of hydrogen-bond donors (Lipinski definition) is 0. The number of hydrogen-bond acceptors (Lipinski definition) is 3. The Morgan fingerprint density at radius 3 is 2.41 bits per heavy atom. The van der Waals surface area contributed by atoms with E-state index in [9.17, 15) is 4.79 Å². The van der Waals surface area contributed by atoms with Crippen molar-refractivity contribution in [1.29, 1.82) is 0 Å². The first kappa shape index (κ1) is 14.8. The van der Waals surface area contributed by atoms with E-state index in [1.54, 1.807) is 6.07 Å². The van der Waals surface area contributed by atoms with E-state index >= 15 is 0 Å². The molecule has 112 valence electrons. The predicted molar refractivity (Wildman–Crippen MR) is 91.2 cm³/mol. The molecular weight excluding hydrogens is 292 g/mol. The third-order valence-electron chi connectivity index (χ3n) is 3.26. The van der Waals surface area contributed by atoms with E-state index in [0.29, 0.717) is 11.5 Å². The van der Waals surface area contributed by atoms with Crippen LogP contribution in [0, 0.1) is 0 Å². The van der Waals surface area contributed by atoms with Crippen LogP contribution in [-0.4, -0.2) is 5.97 Å². The molecule has 0 saturated heterocycles. The summed E-state index contributed by atoms with van der Waals surface area (Å²) in [6.07, 6.45) is 4.50. The fraction of sp³-hybridized carbons (Fsp3) is 0.211. The van der Waals surface area contributed by atoms with E-state index in [-0.39, 0.29) is 5.97 Å². The Kier molecular flexibility index (Phi) is 4.86. The molecule has 0 N–H and O–H groups in total. The number of carbonyl (C=O) groups excluding carboxylic acids is 1. The zero-order chi connectivity index (χ0) is 15.2. The largest absolute Gasteiger partial charge is 0.457 e. The predicted octanol–water partition coefficient (Wildman–Crippen LogP) is 5.43. The van der Waals surface area contributed by atoms with Crippen LogP contribution in [0.5, 0.6) is 0 Å². The summed E-state index contributed by atoms with van der Waals surface area (Å²) in [5.41, 5.74) is 1.00. The van der Waals surface area contributed by atoms with E-state index in [4.69, 9.17) is 4.74 Å². The first-order valence-electron chi connectivity index (χ1n) is 7.51. The summed E-state index contributed by atoms with van der Waals surface area (Å²) in [6.45, 7) is 0.307. The van der Waals surface area contributed by atoms with Crippen LogP contribution in [-0.2, 0) is 11.3 Å². The second-order valence-electron chi connectivity index (χ2n) is 5.30. The highest BCUT2D eigenvalue weighted by Crippen LogP contribution is 2.17. The molecule has 1 heterocycles. The maximum Gasteiger partial charge on any atom is 0.348 e. The number of rotatable bonds is 3. The SMILES string of the molecule is C1CC1.O=C(OCc1ccc2ccccc2c1)c1cccs1. The van der Waals surface area contributed by atoms with Crippen molar-refractivity contribution >= 4 is 28.1 Å². The molecule has 3 aromatic rings. The lowest BCUT2D eigenvalue weighted by Crippen LogP contribution is -2.02. The van der Waals surface area contributed by atoms with Gasteiger partial charge in [-0.2, -0.15) is 0 Å². The zero-order valence-electron chi connectivity index (χ0n) is 12.3. The maximum absolute atomic E-state index is 11.7. The molecule has 1 aromatic heterocycles. The van der Waals surface area contributed by atoms with E-state index in [0.717, 1.165) is 10.9 Å². The van der Waals surface area contributed by atoms with Gasteiger partial charge in [-0.3, -0.25) is 0 Å². The third kappa shape index (κ3) is 4.18. The zero-order valence-corrected chi connectivity index (χ0v) is 13.1. The van der Waals surface area contributed by atoms with Crippen molar-refractivity contribution in [2.45, 2.75) is 25.9 Å². The van der Waals surface area contributed by atoms with Gasteiger partial charge in [0, 0.05) is 0 Å². The number of thiophene rings is 1. The summed E-state index contributed by atoms with van der Waals surface area (Å²) >= 11 is 1.39. The molecule has 3 heteroatoms. The van der Waals surface area contributed by atoms with Gasteiger partial charge >= 0.3 is 5.97 Å². The van der Waals surface area contributed by atoms with Gasteiger partial charge in [0.05, 0.1) is 0 Å². The molecule has 0 radical (unpaired) electrons. The van der Waals surface area contributed by atoms with Crippen LogP contribution in [0.15, 0.2) is 60.0 Å². The average molecular weight is 310 g/mol. The molecule has 1 fully saturated rings. The fourth-order valence-corrected chi connectivity index (χ4v) is 2.56. The van der Waals surface area contributed by atoms with Crippen molar-refractivity contribution in [3.05, 3.63) is 70.4 Å². The van der Waals surface area contributed by atoms with Gasteiger partial charge in [0.15, 0.2) is 0 Å². The summed E-state index contributed by atoms with van der Waals surface area (Å²) in [4.78, 5) is 12.4. The van der Waals surface area contributed by atoms with Gasteiger partial charge < -0.3 is 4.74 Å². The molecule has 2 nitrogen and oxygen atoms in total. The van der Waals surface area contributed by atoms with Crippen molar-refractivity contribution < 1.29 is 9.53 Å². The number of fused-ring (bicyclic) bond motifs is 1. The number of esters is 1. The molecule has 1 aliphatic carbocycles. The quantitative estimate of drug-likeness (QED) is 0.603. The molecule has 0 amide bonds. The number of benzene rings is 2. The fourth-order valence-electron chi connectivity index (χ4n) is 1.94. The molecule has 0 unspecified atom stereocenters. The molecule has 1 aliphatic rings. The molecule has 0 atom stereocenters. The monoisotopic (exact) mass is 310 g/mol. The summed E-state index contributed by atoms with van der Waals surface area (Å²) in [6, 6.07) is 17.8. The van der Waals surface area contributed by atoms with Gasteiger partial charge in [0.1, 0.15) is 11.5 Å². The smallest absolute Gasteiger partial charge is 0.348 e. The molecule has 1 saturated carbocycles. The van der Waals surface area contributed by atoms with Crippen LogP contribution in [0.2, 0.25) is 0 Å². The molecule has 0 bridgehead atoms. The first-order chi connectivity index (χ1) is 10.8. The van der Waals surface area contributed by atoms with Gasteiger partial charge in [-0.1, -0.05) is 61.7 Å². The van der Waals surface area contributed by atoms with Crippen LogP contribution < -0.4 is 0 Å². The Bertz CT molecular complexity index is 742. The highest BCUT2D eigenvalue weighted by Gasteiger charge is 2.08. The Morgan fingerprint density at radius 1 is 0.955 bits per heavy atom. The maximum atomic E-state index is 11.7. The normalized spacial score (nSPS) is 12.4. The number of ether oxygens (including phenoxy) is 1. The molecular formula is C19H18O2S. The summed E-state index contributed by atoms with van der Waals surface area (Å²) in [7, 11) is 0. The lowest BCUT2D eigenvalue weighted by atomic mass is 10.1. The Labute approximate surface area is 134 Å². The molecule has 4 rings (SSSR count). The summed E-state index contributed by atoms with van der Waals surface area (Å²) < 4.78 is 5.29. The topological polar surface area (TPSA) is 26.3 Å². The van der Waals surface area contributed by atoms with E-state index in [2.05, 4.69) is 18.2 Å². The minimum absolute atomic E-state index is 0.261. The van der Waals surface area contributed by atoms with E-state index in [1.165, 1.54) is 36.0 Å². The van der Waals surface area contributed by atoms with Crippen molar-refractivity contribution in [3.8, 4) is 0 Å². The van der Waals surface area contributed by atoms with E-state index < -0.39 is 0 Å². The summed E-state index contributed by atoms with van der Waals surface area (Å²) in [5, 5.41) is 4.22. The minimum Gasteiger partial charge on any atom is -0.457 e. The minimum atomic E-state index is -0.261. The van der Waals surface area contributed by atoms with Crippen LogP contribution in [0.3, 0.4) is 0 Å². The standard InChI is InChI=1S/C16H12O2S.C3H6/c17-16(15-6-3-9-19-15)18-11-12-7-8-13-4-1-2-5-14(13)10-12;1-2-3-1/h1-10H,11H2;1-3H2. The lowest BCUT2D eigenvalue weighted by Gasteiger charge is -2.05. The average Bonchev–Trinajstić information content (AvgIpc) is 3.35. The van der Waals surface area contributed by atoms with Crippen molar-refractivity contribution in [2.24, 2.45) is 0 Å². The van der Waals surface area contributed by atoms with Crippen molar-refractivity contribution in [1.82, 2.24) is 0 Å². The number of carbonyl (C=O) groups is 1. The molecule has 2 aromatic carbocycles. The van der Waals surface area contributed by atoms with Crippen molar-refractivity contribution in [2.75, 3.05) is 0 Å². The molecule has 0 spiro atoms. The Morgan fingerprint density at radius 2 is 1.73 bits per heavy atom. The Balaban J connectivity index is 0.000000429. The van der Waals surface area contributed by atoms with E-state index in [1.807, 2.05) is 35.7 Å². The van der Waals surface area contributed by atoms with Crippen LogP contribution in [0.4, 0.5) is 0 Å². The highest BCUT2D eigenvalue weighted by molar-refractivity contribution is 7.11. The second-order valence-corrected chi connectivity index (χ2v) is 6.24. The lowest BCUT2D eigenvalue weighted by molar-refractivity contribution is 0.0478. The second kappa shape index (κ2) is 7.23. The molecule has 22 heavy (non-hydrogen) atoms. The van der Waals surface area contributed by atoms with Gasteiger partial charge in [-0.15, -0.1) is 11.3 Å². The van der Waals surface area contributed by atoms with Crippen LogP contribution in [0.25, 0.3) is 10.8 Å². The van der Waals surface area contributed by atoms with Crippen molar-refractivity contribution in [3.63, 3.8) is 0 Å². The van der Waals surface area contributed by atoms with Crippen LogP contribution in [0.1, 0.15) is 34.5 Å². The van der Waals surface area contributed by atoms with Gasteiger partial charge in [-0.25, -0.2) is 4.79 Å². The van der Waals surface area contributed by atoms with Gasteiger partial charge in [0.25, 0.3) is 0 Å². The van der Waals surface area contributed by atoms with Gasteiger partial charge in [-0.05, 0) is 33.8 Å².